The third-order valence-corrected chi connectivity index (χ3v) is 6.63. The Morgan fingerprint density at radius 1 is 0.824 bits per heavy atom. The van der Waals surface area contributed by atoms with Crippen LogP contribution in [0, 0.1) is 22.1 Å². The highest BCUT2D eigenvalue weighted by molar-refractivity contribution is 7.24. The molecule has 0 aliphatic rings. The molecule has 34 heavy (non-hydrogen) atoms. The first-order valence-corrected chi connectivity index (χ1v) is 12.9. The van der Waals surface area contributed by atoms with Gasteiger partial charge in [-0.1, -0.05) is 43.9 Å². The zero-order chi connectivity index (χ0) is 24.9. The van der Waals surface area contributed by atoms with E-state index >= 15 is 0 Å². The third kappa shape index (κ3) is 6.64. The summed E-state index contributed by atoms with van der Waals surface area (Å²) in [5.41, 5.74) is 6.19. The minimum Gasteiger partial charge on any atom is -0.378 e. The van der Waals surface area contributed by atoms with Crippen molar-refractivity contribution in [2.45, 2.75) is 26.7 Å². The van der Waals surface area contributed by atoms with Crippen molar-refractivity contribution in [1.29, 1.82) is 0 Å². The van der Waals surface area contributed by atoms with Crippen LogP contribution >= 0.6 is 11.3 Å². The molecule has 0 unspecified atom stereocenters. The molecule has 1 heterocycles. The first-order valence-electron chi connectivity index (χ1n) is 10.8. The fourth-order valence-corrected chi connectivity index (χ4v) is 4.91. The van der Waals surface area contributed by atoms with Crippen molar-refractivity contribution in [3.05, 3.63) is 82.9 Å². The first kappa shape index (κ1) is 25.9. The third-order valence-electron chi connectivity index (χ3n) is 5.37. The summed E-state index contributed by atoms with van der Waals surface area (Å²) in [6, 6.07) is 21.8. The molecule has 1 aromatic heterocycles. The lowest BCUT2D eigenvalue weighted by Gasteiger charge is -2.17. The number of benzene rings is 3. The second-order valence-electron chi connectivity index (χ2n) is 7.88. The smallest absolute Gasteiger partial charge is 0.243 e. The lowest BCUT2D eigenvalue weighted by Crippen LogP contribution is -2.68. The molecule has 0 aliphatic heterocycles. The van der Waals surface area contributed by atoms with Crippen molar-refractivity contribution in [3.8, 4) is 11.8 Å². The molecule has 176 valence electrons. The van der Waals surface area contributed by atoms with Crippen molar-refractivity contribution in [2.24, 2.45) is 0 Å². The van der Waals surface area contributed by atoms with Crippen LogP contribution in [0.4, 0.5) is 5.69 Å². The zero-order valence-corrected chi connectivity index (χ0v) is 21.1. The summed E-state index contributed by atoms with van der Waals surface area (Å²) in [6.45, 7) is 4.47. The van der Waals surface area contributed by atoms with E-state index in [2.05, 4.69) is 105 Å². The molecule has 3 aromatic carbocycles. The van der Waals surface area contributed by atoms with E-state index in [9.17, 15) is 0 Å². The lowest BCUT2D eigenvalue weighted by molar-refractivity contribution is -2.00. The monoisotopic (exact) mass is 495 g/mol. The van der Waals surface area contributed by atoms with Crippen molar-refractivity contribution >= 4 is 37.2 Å². The van der Waals surface area contributed by atoms with Gasteiger partial charge in [-0.25, -0.2) is 18.6 Å². The van der Waals surface area contributed by atoms with Gasteiger partial charge in [0.15, 0.2) is 0 Å². The summed E-state index contributed by atoms with van der Waals surface area (Å²) in [7, 11) is -0.832. The molecule has 0 aliphatic carbocycles. The summed E-state index contributed by atoms with van der Waals surface area (Å²) < 4.78 is 36.6. The van der Waals surface area contributed by atoms with Gasteiger partial charge in [-0.3, -0.25) is 0 Å². The van der Waals surface area contributed by atoms with Gasteiger partial charge in [0, 0.05) is 37.0 Å². The number of halogens is 1. The van der Waals surface area contributed by atoms with Gasteiger partial charge in [0.2, 0.25) is 20.7 Å². The maximum absolute atomic E-state index is 8.49. The second-order valence-corrected chi connectivity index (χ2v) is 9.69. The molecule has 7 heteroatoms. The molecule has 0 amide bonds. The van der Waals surface area contributed by atoms with Crippen LogP contribution in [-0.2, 0) is 12.8 Å². The zero-order valence-electron chi connectivity index (χ0n) is 19.6. The molecule has 0 saturated heterocycles. The number of anilines is 1. The van der Waals surface area contributed by atoms with E-state index in [1.54, 1.807) is 0 Å². The average molecular weight is 496 g/mol. The van der Waals surface area contributed by atoms with E-state index < -0.39 is 10.2 Å². The summed E-state index contributed by atoms with van der Waals surface area (Å²) in [6.07, 6.45) is 2.08. The Balaban J connectivity index is 0.000000588. The standard InChI is InChI=1S/C27H26NS.ClHO4/c1-5-19-17-21(6-2)27-25(18-19)23(24-9-7-8-10-26(24)29-27)16-13-20-11-14-22(15-12-20)28(3)4;2-1(3,4)5/h7-12,14-15,17-18H,5-6H2,1-4H3;(H,2,3,4,5)/q+1;/p-1. The van der Waals surface area contributed by atoms with E-state index in [1.165, 1.54) is 37.0 Å². The number of nitrogens with zero attached hydrogens (tertiary/aromatic N) is 1. The number of fused-ring (bicyclic) bond motifs is 2. The maximum atomic E-state index is 8.49. The molecule has 0 radical (unpaired) electrons. The predicted octanol–water partition coefficient (Wildman–Crippen LogP) is 2.17. The van der Waals surface area contributed by atoms with Gasteiger partial charge in [-0.15, -0.1) is 10.2 Å². The first-order chi connectivity index (χ1) is 16.1. The van der Waals surface area contributed by atoms with Gasteiger partial charge in [0.25, 0.3) is 0 Å². The Morgan fingerprint density at radius 2 is 1.47 bits per heavy atom. The Labute approximate surface area is 206 Å². The minimum absolute atomic E-state index is 1.04. The highest BCUT2D eigenvalue weighted by atomic mass is 35.7. The lowest BCUT2D eigenvalue weighted by atomic mass is 9.99. The summed E-state index contributed by atoms with van der Waals surface area (Å²) >= 11 is 1.89. The Bertz CT molecular complexity index is 1350. The van der Waals surface area contributed by atoms with Crippen LogP contribution < -0.4 is 23.5 Å². The predicted molar refractivity (Wildman–Crippen MR) is 129 cm³/mol. The van der Waals surface area contributed by atoms with Crippen molar-refractivity contribution in [1.82, 2.24) is 0 Å². The van der Waals surface area contributed by atoms with E-state index in [0.29, 0.717) is 0 Å². The average Bonchev–Trinajstić information content (AvgIpc) is 2.80. The Hall–Kier alpha value is -2.76. The molecule has 4 aromatic rings. The summed E-state index contributed by atoms with van der Waals surface area (Å²) in [5.74, 6) is 6.96. The maximum Gasteiger partial charge on any atom is 0.243 e. The van der Waals surface area contributed by atoms with Gasteiger partial charge in [0.1, 0.15) is 0 Å². The van der Waals surface area contributed by atoms with E-state index in [-0.39, 0.29) is 0 Å². The number of hydrogen-bond donors (Lipinski definition) is 0. The van der Waals surface area contributed by atoms with Gasteiger partial charge in [-0.05, 0) is 54.8 Å². The van der Waals surface area contributed by atoms with Crippen LogP contribution in [0.3, 0.4) is 0 Å². The van der Waals surface area contributed by atoms with Crippen LogP contribution in [0.1, 0.15) is 36.1 Å². The summed E-state index contributed by atoms with van der Waals surface area (Å²) in [4.78, 5) is 2.11. The van der Waals surface area contributed by atoms with Crippen molar-refractivity contribution in [3.63, 3.8) is 0 Å². The molecule has 0 bridgehead atoms. The Morgan fingerprint density at radius 3 is 2.06 bits per heavy atom. The second kappa shape index (κ2) is 11.1. The fourth-order valence-electron chi connectivity index (χ4n) is 3.66. The number of rotatable bonds is 3. The molecule has 0 saturated carbocycles. The van der Waals surface area contributed by atoms with E-state index in [4.69, 9.17) is 18.6 Å². The summed E-state index contributed by atoms with van der Waals surface area (Å²) in [5, 5.41) is 2.54. The number of aryl methyl sites for hydroxylation is 2. The Kier molecular flexibility index (Phi) is 8.45. The molecule has 4 rings (SSSR count). The highest BCUT2D eigenvalue weighted by Crippen LogP contribution is 2.35. The number of hydrogen-bond acceptors (Lipinski definition) is 5. The minimum atomic E-state index is -4.94. The molecule has 0 N–H and O–H groups in total. The van der Waals surface area contributed by atoms with Gasteiger partial charge in [0.05, 0.1) is 16.3 Å². The molecular weight excluding hydrogens is 470 g/mol. The molecular formula is C27H26ClNO4S. The van der Waals surface area contributed by atoms with Crippen LogP contribution in [0.15, 0.2) is 60.7 Å². The molecule has 0 fully saturated rings. The quantitative estimate of drug-likeness (QED) is 0.246. The SMILES string of the molecule is CCc1cc(CC)c2[s+]c3ccccc3c(C#Cc3ccc(N(C)C)cc3)c2c1.[O-][Cl+3]([O-])([O-])[O-]. The van der Waals surface area contributed by atoms with Crippen LogP contribution in [0.25, 0.3) is 20.2 Å². The molecule has 0 spiro atoms. The van der Waals surface area contributed by atoms with Crippen LogP contribution in [0.2, 0.25) is 0 Å². The van der Waals surface area contributed by atoms with Crippen molar-refractivity contribution < 1.29 is 28.9 Å². The van der Waals surface area contributed by atoms with Gasteiger partial charge < -0.3 is 4.90 Å². The fraction of sp³-hybridized carbons (Fsp3) is 0.222. The van der Waals surface area contributed by atoms with E-state index in [0.717, 1.165) is 24.0 Å². The normalized spacial score (nSPS) is 10.9. The van der Waals surface area contributed by atoms with Crippen molar-refractivity contribution in [2.75, 3.05) is 19.0 Å². The van der Waals surface area contributed by atoms with Crippen LogP contribution in [-0.4, -0.2) is 14.1 Å². The molecule has 0 atom stereocenters. The topological polar surface area (TPSA) is 95.5 Å². The van der Waals surface area contributed by atoms with Crippen LogP contribution in [0.5, 0.6) is 0 Å². The van der Waals surface area contributed by atoms with Gasteiger partial charge >= 0.3 is 0 Å². The molecule has 5 nitrogen and oxygen atoms in total. The largest absolute Gasteiger partial charge is 0.378 e. The highest BCUT2D eigenvalue weighted by Gasteiger charge is 2.19. The van der Waals surface area contributed by atoms with E-state index in [1.807, 2.05) is 11.3 Å². The van der Waals surface area contributed by atoms with Gasteiger partial charge in [-0.2, -0.15) is 0 Å².